The molecule has 0 N–H and O–H groups in total. The second kappa shape index (κ2) is 3.51. The van der Waals surface area contributed by atoms with Crippen LogP contribution in [-0.2, 0) is 6.42 Å². The summed E-state index contributed by atoms with van der Waals surface area (Å²) in [5.41, 5.74) is 1.50. The molecule has 0 saturated heterocycles. The van der Waals surface area contributed by atoms with Crippen LogP contribution in [0.3, 0.4) is 0 Å². The molecule has 0 aliphatic carbocycles. The van der Waals surface area contributed by atoms with Gasteiger partial charge in [0.05, 0.1) is 0 Å². The van der Waals surface area contributed by atoms with Gasteiger partial charge in [0, 0.05) is 9.58 Å². The summed E-state index contributed by atoms with van der Waals surface area (Å²) in [5, 5.41) is 1.46. The molecule has 2 rings (SSSR count). The summed E-state index contributed by atoms with van der Waals surface area (Å²) < 4.78 is 1.43. The standard InChI is InChI=1S/C12H14S/c1-3-5-10-6-4-7-12-11(10)8-9(2)13-12/h4,6-8H,3,5H2,1-2H3. The van der Waals surface area contributed by atoms with Gasteiger partial charge in [0.2, 0.25) is 0 Å². The summed E-state index contributed by atoms with van der Waals surface area (Å²) in [6, 6.07) is 8.94. The molecule has 0 saturated carbocycles. The molecule has 13 heavy (non-hydrogen) atoms. The molecule has 0 spiro atoms. The first kappa shape index (κ1) is 8.76. The van der Waals surface area contributed by atoms with Crippen LogP contribution in [-0.4, -0.2) is 0 Å². The Morgan fingerprint density at radius 2 is 2.15 bits per heavy atom. The van der Waals surface area contributed by atoms with Crippen LogP contribution in [0.5, 0.6) is 0 Å². The maximum Gasteiger partial charge on any atom is 0.0348 e. The monoisotopic (exact) mass is 190 g/mol. The van der Waals surface area contributed by atoms with Crippen LogP contribution >= 0.6 is 11.3 Å². The van der Waals surface area contributed by atoms with Gasteiger partial charge in [-0.15, -0.1) is 11.3 Å². The van der Waals surface area contributed by atoms with E-state index in [9.17, 15) is 0 Å². The molecule has 1 heterocycles. The molecule has 0 unspecified atom stereocenters. The Hall–Kier alpha value is -0.820. The second-order valence-corrected chi connectivity index (χ2v) is 4.72. The van der Waals surface area contributed by atoms with Crippen LogP contribution in [0.2, 0.25) is 0 Å². The van der Waals surface area contributed by atoms with E-state index in [0.29, 0.717) is 0 Å². The van der Waals surface area contributed by atoms with Gasteiger partial charge in [0.15, 0.2) is 0 Å². The van der Waals surface area contributed by atoms with E-state index < -0.39 is 0 Å². The van der Waals surface area contributed by atoms with Crippen molar-refractivity contribution in [3.8, 4) is 0 Å². The minimum atomic E-state index is 1.20. The van der Waals surface area contributed by atoms with Gasteiger partial charge in [0.1, 0.15) is 0 Å². The maximum absolute atomic E-state index is 2.31. The molecule has 0 aliphatic heterocycles. The van der Waals surface area contributed by atoms with Gasteiger partial charge in [-0.25, -0.2) is 0 Å². The summed E-state index contributed by atoms with van der Waals surface area (Å²) in [5.74, 6) is 0. The summed E-state index contributed by atoms with van der Waals surface area (Å²) in [6.45, 7) is 4.42. The molecular weight excluding hydrogens is 176 g/mol. The number of hydrogen-bond donors (Lipinski definition) is 0. The maximum atomic E-state index is 2.31. The number of rotatable bonds is 2. The van der Waals surface area contributed by atoms with E-state index in [2.05, 4.69) is 38.1 Å². The SMILES string of the molecule is CCCc1cccc2sc(C)cc12. The van der Waals surface area contributed by atoms with Crippen molar-refractivity contribution in [2.45, 2.75) is 26.7 Å². The van der Waals surface area contributed by atoms with Crippen LogP contribution in [0.4, 0.5) is 0 Å². The predicted molar refractivity (Wildman–Crippen MR) is 60.6 cm³/mol. The summed E-state index contributed by atoms with van der Waals surface area (Å²) in [7, 11) is 0. The fourth-order valence-electron chi connectivity index (χ4n) is 1.74. The topological polar surface area (TPSA) is 0 Å². The third-order valence-electron chi connectivity index (χ3n) is 2.29. The minimum Gasteiger partial charge on any atom is -0.141 e. The first-order valence-electron chi connectivity index (χ1n) is 4.79. The molecule has 0 fully saturated rings. The van der Waals surface area contributed by atoms with Crippen molar-refractivity contribution in [1.82, 2.24) is 0 Å². The molecule has 0 bridgehead atoms. The highest BCUT2D eigenvalue weighted by Gasteiger charge is 2.02. The van der Waals surface area contributed by atoms with Crippen LogP contribution in [0.1, 0.15) is 23.8 Å². The van der Waals surface area contributed by atoms with Crippen LogP contribution in [0.25, 0.3) is 10.1 Å². The number of fused-ring (bicyclic) bond motifs is 1. The predicted octanol–water partition coefficient (Wildman–Crippen LogP) is 4.16. The normalized spacial score (nSPS) is 10.9. The Balaban J connectivity index is 2.60. The summed E-state index contributed by atoms with van der Waals surface area (Å²) in [4.78, 5) is 1.42. The lowest BCUT2D eigenvalue weighted by atomic mass is 10.1. The Morgan fingerprint density at radius 3 is 2.92 bits per heavy atom. The lowest BCUT2D eigenvalue weighted by molar-refractivity contribution is 0.930. The summed E-state index contributed by atoms with van der Waals surface area (Å²) >= 11 is 1.89. The molecule has 1 aromatic heterocycles. The van der Waals surface area contributed by atoms with Gasteiger partial charge in [-0.05, 0) is 36.4 Å². The van der Waals surface area contributed by atoms with Gasteiger partial charge >= 0.3 is 0 Å². The Bertz CT molecular complexity index is 412. The average molecular weight is 190 g/mol. The van der Waals surface area contributed by atoms with Crippen molar-refractivity contribution in [2.75, 3.05) is 0 Å². The molecule has 2 aromatic rings. The van der Waals surface area contributed by atoms with Gasteiger partial charge < -0.3 is 0 Å². The van der Waals surface area contributed by atoms with E-state index in [1.807, 2.05) is 11.3 Å². The first-order chi connectivity index (χ1) is 6.31. The Morgan fingerprint density at radius 1 is 1.31 bits per heavy atom. The van der Waals surface area contributed by atoms with Crippen molar-refractivity contribution in [3.05, 3.63) is 34.7 Å². The van der Waals surface area contributed by atoms with E-state index in [0.717, 1.165) is 0 Å². The molecule has 1 aromatic carbocycles. The van der Waals surface area contributed by atoms with Crippen molar-refractivity contribution >= 4 is 21.4 Å². The van der Waals surface area contributed by atoms with Gasteiger partial charge in [-0.2, -0.15) is 0 Å². The zero-order valence-corrected chi connectivity index (χ0v) is 8.95. The van der Waals surface area contributed by atoms with E-state index in [1.165, 1.54) is 33.4 Å². The highest BCUT2D eigenvalue weighted by molar-refractivity contribution is 7.19. The smallest absolute Gasteiger partial charge is 0.0348 e. The highest BCUT2D eigenvalue weighted by atomic mass is 32.1. The third kappa shape index (κ3) is 1.61. The van der Waals surface area contributed by atoms with Crippen molar-refractivity contribution in [2.24, 2.45) is 0 Å². The van der Waals surface area contributed by atoms with E-state index in [4.69, 9.17) is 0 Å². The van der Waals surface area contributed by atoms with E-state index in [1.54, 1.807) is 0 Å². The van der Waals surface area contributed by atoms with Crippen LogP contribution in [0, 0.1) is 6.92 Å². The van der Waals surface area contributed by atoms with Crippen LogP contribution in [0.15, 0.2) is 24.3 Å². The lowest BCUT2D eigenvalue weighted by Crippen LogP contribution is -1.82. The van der Waals surface area contributed by atoms with E-state index >= 15 is 0 Å². The molecule has 1 heteroatoms. The Labute approximate surface area is 83.2 Å². The molecule has 68 valence electrons. The van der Waals surface area contributed by atoms with Gasteiger partial charge in [-0.1, -0.05) is 25.5 Å². The van der Waals surface area contributed by atoms with Crippen molar-refractivity contribution in [3.63, 3.8) is 0 Å². The lowest BCUT2D eigenvalue weighted by Gasteiger charge is -1.99. The molecule has 0 radical (unpaired) electrons. The zero-order valence-electron chi connectivity index (χ0n) is 8.13. The fourth-order valence-corrected chi connectivity index (χ4v) is 2.71. The number of thiophene rings is 1. The number of aryl methyl sites for hydroxylation is 2. The molecule has 0 atom stereocenters. The molecule has 0 amide bonds. The largest absolute Gasteiger partial charge is 0.141 e. The zero-order chi connectivity index (χ0) is 9.26. The fraction of sp³-hybridized carbons (Fsp3) is 0.333. The highest BCUT2D eigenvalue weighted by Crippen LogP contribution is 2.28. The Kier molecular flexibility index (Phi) is 2.36. The quantitative estimate of drug-likeness (QED) is 0.667. The molecule has 0 nitrogen and oxygen atoms in total. The van der Waals surface area contributed by atoms with Crippen molar-refractivity contribution < 1.29 is 0 Å². The average Bonchev–Trinajstić information content (AvgIpc) is 2.47. The van der Waals surface area contributed by atoms with Gasteiger partial charge in [0.25, 0.3) is 0 Å². The van der Waals surface area contributed by atoms with Gasteiger partial charge in [-0.3, -0.25) is 0 Å². The molecule has 0 aliphatic rings. The second-order valence-electron chi connectivity index (χ2n) is 3.44. The number of benzene rings is 1. The van der Waals surface area contributed by atoms with E-state index in [-0.39, 0.29) is 0 Å². The first-order valence-corrected chi connectivity index (χ1v) is 5.61. The molecular formula is C12H14S. The van der Waals surface area contributed by atoms with Crippen molar-refractivity contribution in [1.29, 1.82) is 0 Å². The van der Waals surface area contributed by atoms with Crippen LogP contribution < -0.4 is 0 Å². The summed E-state index contributed by atoms with van der Waals surface area (Å²) in [6.07, 6.45) is 2.43. The third-order valence-corrected chi connectivity index (χ3v) is 3.31. The minimum absolute atomic E-state index is 1.20. The number of hydrogen-bond acceptors (Lipinski definition) is 1.